The van der Waals surface area contributed by atoms with E-state index in [1.54, 1.807) is 6.07 Å². The first-order valence-corrected chi connectivity index (χ1v) is 8.76. The summed E-state index contributed by atoms with van der Waals surface area (Å²) in [6.07, 6.45) is 0. The number of nitrogens with zero attached hydrogens (tertiary/aromatic N) is 2. The lowest BCUT2D eigenvalue weighted by atomic mass is 10.2. The maximum Gasteiger partial charge on any atom is 0.316 e. The summed E-state index contributed by atoms with van der Waals surface area (Å²) in [6, 6.07) is 18.6. The summed E-state index contributed by atoms with van der Waals surface area (Å²) in [5, 5.41) is 19.5. The molecule has 0 bridgehead atoms. The second kappa shape index (κ2) is 8.23. The highest BCUT2D eigenvalue weighted by atomic mass is 32.2. The lowest BCUT2D eigenvalue weighted by Crippen LogP contribution is -2.11. The standard InChI is InChI=1S/C19H15N3O3S/c20-10-14(19-21-15-8-4-5-9-16(15)22-19)17(23)11-25-18(24)12-26-13-6-2-1-3-7-13/h1-9,23H,11-12H2,(H,21,22). The lowest BCUT2D eigenvalue weighted by Gasteiger charge is -2.05. The van der Waals surface area contributed by atoms with Crippen molar-refractivity contribution in [2.75, 3.05) is 12.4 Å². The molecule has 130 valence electrons. The average molecular weight is 365 g/mol. The number of benzene rings is 2. The van der Waals surface area contributed by atoms with Crippen molar-refractivity contribution in [2.45, 2.75) is 4.90 Å². The van der Waals surface area contributed by atoms with E-state index in [0.29, 0.717) is 5.52 Å². The first-order valence-electron chi connectivity index (χ1n) is 7.78. The molecule has 0 fully saturated rings. The smallest absolute Gasteiger partial charge is 0.316 e. The highest BCUT2D eigenvalue weighted by Gasteiger charge is 2.15. The van der Waals surface area contributed by atoms with Gasteiger partial charge in [0.05, 0.1) is 16.8 Å². The molecule has 6 nitrogen and oxygen atoms in total. The van der Waals surface area contributed by atoms with Gasteiger partial charge in [0.2, 0.25) is 0 Å². The van der Waals surface area contributed by atoms with E-state index < -0.39 is 5.97 Å². The van der Waals surface area contributed by atoms with Gasteiger partial charge in [0.15, 0.2) is 11.6 Å². The molecule has 0 atom stereocenters. The summed E-state index contributed by atoms with van der Waals surface area (Å²) in [5.41, 5.74) is 1.38. The van der Waals surface area contributed by atoms with Crippen molar-refractivity contribution < 1.29 is 14.6 Å². The molecule has 3 rings (SSSR count). The molecule has 1 aromatic heterocycles. The Balaban J connectivity index is 1.63. The fourth-order valence-electron chi connectivity index (χ4n) is 2.25. The number of aliphatic hydroxyl groups is 1. The lowest BCUT2D eigenvalue weighted by molar-refractivity contribution is -0.140. The molecule has 0 radical (unpaired) electrons. The van der Waals surface area contributed by atoms with E-state index in [1.165, 1.54) is 11.8 Å². The normalized spacial score (nSPS) is 11.7. The fraction of sp³-hybridized carbons (Fsp3) is 0.105. The van der Waals surface area contributed by atoms with Crippen LogP contribution < -0.4 is 0 Å². The minimum atomic E-state index is -0.479. The number of para-hydroxylation sites is 2. The largest absolute Gasteiger partial charge is 0.507 e. The molecular weight excluding hydrogens is 350 g/mol. The number of imidazole rings is 1. The molecule has 0 aliphatic carbocycles. The van der Waals surface area contributed by atoms with Gasteiger partial charge in [-0.1, -0.05) is 30.3 Å². The second-order valence-corrected chi connectivity index (χ2v) is 6.35. The van der Waals surface area contributed by atoms with Crippen LogP contribution >= 0.6 is 11.8 Å². The SMILES string of the molecule is N#CC(=C(O)COC(=O)CSc1ccccc1)c1nc2ccccc2[nH]1. The molecule has 0 spiro atoms. The van der Waals surface area contributed by atoms with Crippen molar-refractivity contribution in [2.24, 2.45) is 0 Å². The molecular formula is C19H15N3O3S. The van der Waals surface area contributed by atoms with E-state index in [2.05, 4.69) is 9.97 Å². The molecule has 2 aromatic carbocycles. The Morgan fingerprint density at radius 2 is 1.92 bits per heavy atom. The summed E-state index contributed by atoms with van der Waals surface area (Å²) < 4.78 is 5.04. The Morgan fingerprint density at radius 3 is 2.65 bits per heavy atom. The third-order valence-corrected chi connectivity index (χ3v) is 4.48. The first-order chi connectivity index (χ1) is 12.7. The molecule has 0 saturated carbocycles. The van der Waals surface area contributed by atoms with E-state index in [0.717, 1.165) is 10.4 Å². The van der Waals surface area contributed by atoms with E-state index in [4.69, 9.17) is 4.74 Å². The minimum Gasteiger partial charge on any atom is -0.507 e. The number of hydrogen-bond donors (Lipinski definition) is 2. The van der Waals surface area contributed by atoms with Gasteiger partial charge in [-0.05, 0) is 24.3 Å². The topological polar surface area (TPSA) is 99.0 Å². The fourth-order valence-corrected chi connectivity index (χ4v) is 2.96. The van der Waals surface area contributed by atoms with Crippen molar-refractivity contribution in [1.29, 1.82) is 5.26 Å². The van der Waals surface area contributed by atoms with E-state index >= 15 is 0 Å². The number of aromatic nitrogens is 2. The summed E-state index contributed by atoms with van der Waals surface area (Å²) in [4.78, 5) is 20.0. The maximum absolute atomic E-state index is 11.8. The van der Waals surface area contributed by atoms with Gasteiger partial charge in [0, 0.05) is 4.90 Å². The van der Waals surface area contributed by atoms with Gasteiger partial charge in [0.25, 0.3) is 0 Å². The van der Waals surface area contributed by atoms with Crippen LogP contribution in [-0.4, -0.2) is 33.4 Å². The van der Waals surface area contributed by atoms with Crippen molar-refractivity contribution >= 4 is 34.3 Å². The van der Waals surface area contributed by atoms with Crippen molar-refractivity contribution in [3.05, 3.63) is 66.2 Å². The maximum atomic E-state index is 11.8. The number of aromatic amines is 1. The molecule has 26 heavy (non-hydrogen) atoms. The number of rotatable bonds is 6. The molecule has 0 amide bonds. The van der Waals surface area contributed by atoms with Gasteiger partial charge < -0.3 is 14.8 Å². The Hall–Kier alpha value is -3.24. The van der Waals surface area contributed by atoms with Crippen molar-refractivity contribution in [1.82, 2.24) is 9.97 Å². The number of nitriles is 1. The zero-order chi connectivity index (χ0) is 18.4. The number of esters is 1. The van der Waals surface area contributed by atoms with Crippen LogP contribution in [0.3, 0.4) is 0 Å². The van der Waals surface area contributed by atoms with Crippen LogP contribution in [0.4, 0.5) is 0 Å². The predicted molar refractivity (Wildman–Crippen MR) is 99.4 cm³/mol. The third-order valence-electron chi connectivity index (χ3n) is 3.50. The Kier molecular flexibility index (Phi) is 5.56. The number of H-pyrrole nitrogens is 1. The summed E-state index contributed by atoms with van der Waals surface area (Å²) in [7, 11) is 0. The molecule has 0 aliphatic rings. The number of carbonyl (C=O) groups is 1. The van der Waals surface area contributed by atoms with Gasteiger partial charge in [-0.2, -0.15) is 5.26 Å². The Labute approximate surface area is 154 Å². The summed E-state index contributed by atoms with van der Waals surface area (Å²) in [5.74, 6) is -0.470. The number of hydrogen-bond acceptors (Lipinski definition) is 6. The van der Waals surface area contributed by atoms with Gasteiger partial charge in [-0.3, -0.25) is 4.79 Å². The molecule has 2 N–H and O–H groups in total. The molecule has 0 unspecified atom stereocenters. The number of thioether (sulfide) groups is 1. The molecule has 1 heterocycles. The Morgan fingerprint density at radius 1 is 1.19 bits per heavy atom. The van der Waals surface area contributed by atoms with Crippen LogP contribution in [-0.2, 0) is 9.53 Å². The van der Waals surface area contributed by atoms with Crippen LogP contribution in [0.1, 0.15) is 5.82 Å². The minimum absolute atomic E-state index is 0.0512. The number of nitrogens with one attached hydrogen (secondary N) is 1. The first kappa shape index (κ1) is 17.6. The number of ether oxygens (including phenoxy) is 1. The average Bonchev–Trinajstić information content (AvgIpc) is 3.09. The van der Waals surface area contributed by atoms with Crippen LogP contribution in [0.5, 0.6) is 0 Å². The van der Waals surface area contributed by atoms with E-state index in [9.17, 15) is 15.2 Å². The van der Waals surface area contributed by atoms with Crippen molar-refractivity contribution in [3.63, 3.8) is 0 Å². The van der Waals surface area contributed by atoms with E-state index in [1.807, 2.05) is 54.6 Å². The predicted octanol–water partition coefficient (Wildman–Crippen LogP) is 3.69. The van der Waals surface area contributed by atoms with Gasteiger partial charge in [0.1, 0.15) is 18.2 Å². The van der Waals surface area contributed by atoms with Crippen molar-refractivity contribution in [3.8, 4) is 6.07 Å². The Bertz CT molecular complexity index is 957. The summed E-state index contributed by atoms with van der Waals surface area (Å²) in [6.45, 7) is -0.381. The molecule has 3 aromatic rings. The van der Waals surface area contributed by atoms with Gasteiger partial charge in [-0.25, -0.2) is 4.98 Å². The van der Waals surface area contributed by atoms with Gasteiger partial charge >= 0.3 is 5.97 Å². The van der Waals surface area contributed by atoms with Crippen LogP contribution in [0.2, 0.25) is 0 Å². The van der Waals surface area contributed by atoms with Crippen LogP contribution in [0, 0.1) is 11.3 Å². The highest BCUT2D eigenvalue weighted by Crippen LogP contribution is 2.20. The third kappa shape index (κ3) is 4.23. The zero-order valence-electron chi connectivity index (χ0n) is 13.7. The molecule has 0 aliphatic heterocycles. The molecule has 7 heteroatoms. The quantitative estimate of drug-likeness (QED) is 0.299. The second-order valence-electron chi connectivity index (χ2n) is 5.30. The monoisotopic (exact) mass is 365 g/mol. The van der Waals surface area contributed by atoms with Crippen LogP contribution in [0.15, 0.2) is 65.3 Å². The summed E-state index contributed by atoms with van der Waals surface area (Å²) >= 11 is 1.34. The molecule has 0 saturated heterocycles. The van der Waals surface area contributed by atoms with Crippen LogP contribution in [0.25, 0.3) is 16.6 Å². The van der Waals surface area contributed by atoms with Gasteiger partial charge in [-0.15, -0.1) is 11.8 Å². The highest BCUT2D eigenvalue weighted by molar-refractivity contribution is 8.00. The van der Waals surface area contributed by atoms with E-state index in [-0.39, 0.29) is 29.5 Å². The number of fused-ring (bicyclic) bond motifs is 1. The number of carbonyl (C=O) groups excluding carboxylic acids is 1. The number of allylic oxidation sites excluding steroid dienone is 1. The zero-order valence-corrected chi connectivity index (χ0v) is 14.5. The number of aliphatic hydroxyl groups excluding tert-OH is 1.